The predicted octanol–water partition coefficient (Wildman–Crippen LogP) is 3.69. The fourth-order valence-corrected chi connectivity index (χ4v) is 4.45. The molecular formula is C25H26N2O4. The highest BCUT2D eigenvalue weighted by molar-refractivity contribution is 6.19. The number of hydrogen-bond donors (Lipinski definition) is 0. The van der Waals surface area contributed by atoms with Crippen LogP contribution in [0.2, 0.25) is 0 Å². The molecule has 3 amide bonds. The van der Waals surface area contributed by atoms with E-state index in [2.05, 4.69) is 0 Å². The first-order valence-electron chi connectivity index (χ1n) is 10.7. The van der Waals surface area contributed by atoms with Crippen molar-refractivity contribution in [2.24, 2.45) is 5.92 Å². The molecule has 2 aliphatic heterocycles. The van der Waals surface area contributed by atoms with Gasteiger partial charge in [0.2, 0.25) is 11.8 Å². The molecular weight excluding hydrogens is 392 g/mol. The smallest absolute Gasteiger partial charge is 0.253 e. The van der Waals surface area contributed by atoms with E-state index in [0.29, 0.717) is 37.2 Å². The maximum atomic E-state index is 12.9. The zero-order valence-electron chi connectivity index (χ0n) is 17.9. The molecule has 0 N–H and O–H groups in total. The Hall–Kier alpha value is -3.28. The van der Waals surface area contributed by atoms with E-state index in [9.17, 15) is 19.2 Å². The van der Waals surface area contributed by atoms with Crippen molar-refractivity contribution in [2.45, 2.75) is 39.5 Å². The third-order valence-electron chi connectivity index (χ3n) is 6.22. The molecule has 2 heterocycles. The molecule has 2 aliphatic rings. The quantitative estimate of drug-likeness (QED) is 0.561. The minimum atomic E-state index is -0.209. The van der Waals surface area contributed by atoms with Gasteiger partial charge in [0.05, 0.1) is 5.69 Å². The average Bonchev–Trinajstić information content (AvgIpc) is 3.11. The van der Waals surface area contributed by atoms with Crippen LogP contribution in [0.1, 0.15) is 57.5 Å². The van der Waals surface area contributed by atoms with E-state index >= 15 is 0 Å². The lowest BCUT2D eigenvalue weighted by atomic mass is 9.87. The second kappa shape index (κ2) is 8.46. The lowest BCUT2D eigenvalue weighted by molar-refractivity contribution is -0.121. The Morgan fingerprint density at radius 2 is 1.48 bits per heavy atom. The fourth-order valence-electron chi connectivity index (χ4n) is 4.45. The van der Waals surface area contributed by atoms with E-state index in [0.717, 1.165) is 16.7 Å². The first kappa shape index (κ1) is 21.0. The second-order valence-corrected chi connectivity index (χ2v) is 8.42. The van der Waals surface area contributed by atoms with Crippen LogP contribution in [0, 0.1) is 19.8 Å². The summed E-state index contributed by atoms with van der Waals surface area (Å²) in [6.07, 6.45) is 1.75. The van der Waals surface area contributed by atoms with Crippen molar-refractivity contribution in [3.63, 3.8) is 0 Å². The number of likely N-dealkylation sites (tertiary alicyclic amines) is 1. The van der Waals surface area contributed by atoms with Gasteiger partial charge in [-0.1, -0.05) is 23.8 Å². The summed E-state index contributed by atoms with van der Waals surface area (Å²) < 4.78 is 0. The van der Waals surface area contributed by atoms with Gasteiger partial charge in [-0.2, -0.15) is 0 Å². The highest BCUT2D eigenvalue weighted by Crippen LogP contribution is 2.26. The van der Waals surface area contributed by atoms with Crippen LogP contribution in [-0.4, -0.2) is 41.5 Å². The Morgan fingerprint density at radius 1 is 0.871 bits per heavy atom. The van der Waals surface area contributed by atoms with Crippen molar-refractivity contribution in [1.82, 2.24) is 4.90 Å². The maximum Gasteiger partial charge on any atom is 0.253 e. The van der Waals surface area contributed by atoms with Crippen molar-refractivity contribution >= 4 is 29.2 Å². The number of benzene rings is 2. The van der Waals surface area contributed by atoms with Crippen LogP contribution < -0.4 is 4.90 Å². The molecule has 2 fully saturated rings. The van der Waals surface area contributed by atoms with Crippen LogP contribution in [0.5, 0.6) is 0 Å². The number of aryl methyl sites for hydroxylation is 2. The van der Waals surface area contributed by atoms with Crippen molar-refractivity contribution in [3.05, 3.63) is 64.7 Å². The van der Waals surface area contributed by atoms with E-state index in [1.54, 1.807) is 29.2 Å². The summed E-state index contributed by atoms with van der Waals surface area (Å²) in [5, 5.41) is 0. The summed E-state index contributed by atoms with van der Waals surface area (Å²) in [6.45, 7) is 5.04. The standard InChI is InChI=1S/C25H26N2O4/c1-16-3-8-21(17(2)15-16)24(30)18-11-13-26(14-12-18)25(31)19-4-6-20(7-5-19)27-22(28)9-10-23(27)29/h3-8,15,18H,9-14H2,1-2H3. The first-order chi connectivity index (χ1) is 14.8. The summed E-state index contributed by atoms with van der Waals surface area (Å²) in [5.41, 5.74) is 3.93. The third kappa shape index (κ3) is 4.15. The molecule has 0 saturated carbocycles. The molecule has 2 saturated heterocycles. The van der Waals surface area contributed by atoms with E-state index in [-0.39, 0.29) is 42.3 Å². The van der Waals surface area contributed by atoms with Crippen LogP contribution in [0.15, 0.2) is 42.5 Å². The highest BCUT2D eigenvalue weighted by atomic mass is 16.2. The summed E-state index contributed by atoms with van der Waals surface area (Å²) >= 11 is 0. The molecule has 6 nitrogen and oxygen atoms in total. The molecule has 0 radical (unpaired) electrons. The fraction of sp³-hybridized carbons (Fsp3) is 0.360. The van der Waals surface area contributed by atoms with Crippen molar-refractivity contribution < 1.29 is 19.2 Å². The number of nitrogens with zero attached hydrogens (tertiary/aromatic N) is 2. The SMILES string of the molecule is Cc1ccc(C(=O)C2CCN(C(=O)c3ccc(N4C(=O)CCC4=O)cc3)CC2)c(C)c1. The molecule has 0 atom stereocenters. The van der Waals surface area contributed by atoms with Gasteiger partial charge in [0.1, 0.15) is 0 Å². The third-order valence-corrected chi connectivity index (χ3v) is 6.22. The number of imide groups is 1. The van der Waals surface area contributed by atoms with Crippen LogP contribution in [0.4, 0.5) is 5.69 Å². The lowest BCUT2D eigenvalue weighted by Gasteiger charge is -2.31. The Morgan fingerprint density at radius 3 is 2.06 bits per heavy atom. The number of piperidine rings is 1. The lowest BCUT2D eigenvalue weighted by Crippen LogP contribution is -2.40. The number of anilines is 1. The predicted molar refractivity (Wildman–Crippen MR) is 117 cm³/mol. The Bertz CT molecular complexity index is 1030. The number of rotatable bonds is 4. The summed E-state index contributed by atoms with van der Waals surface area (Å²) in [4.78, 5) is 52.5. The van der Waals surface area contributed by atoms with Gasteiger partial charge in [-0.3, -0.25) is 24.1 Å². The first-order valence-corrected chi connectivity index (χ1v) is 10.7. The van der Waals surface area contributed by atoms with E-state index < -0.39 is 0 Å². The monoisotopic (exact) mass is 418 g/mol. The van der Waals surface area contributed by atoms with Gasteiger partial charge in [0.25, 0.3) is 5.91 Å². The zero-order chi connectivity index (χ0) is 22.1. The molecule has 0 aromatic heterocycles. The minimum absolute atomic E-state index is 0.0694. The number of ketones is 1. The number of amides is 3. The molecule has 31 heavy (non-hydrogen) atoms. The largest absolute Gasteiger partial charge is 0.339 e. The van der Waals surface area contributed by atoms with Crippen molar-refractivity contribution in [3.8, 4) is 0 Å². The molecule has 0 spiro atoms. The van der Waals surface area contributed by atoms with E-state index in [1.165, 1.54) is 4.90 Å². The van der Waals surface area contributed by atoms with Crippen LogP contribution in [0.25, 0.3) is 0 Å². The maximum absolute atomic E-state index is 12.9. The minimum Gasteiger partial charge on any atom is -0.339 e. The van der Waals surface area contributed by atoms with E-state index in [4.69, 9.17) is 0 Å². The molecule has 0 unspecified atom stereocenters. The number of carbonyl (C=O) groups is 4. The number of Topliss-reactive ketones (excluding diaryl/α,β-unsaturated/α-hetero) is 1. The topological polar surface area (TPSA) is 74.8 Å². The molecule has 0 bridgehead atoms. The van der Waals surface area contributed by atoms with Gasteiger partial charge in [-0.25, -0.2) is 0 Å². The average molecular weight is 418 g/mol. The van der Waals surface area contributed by atoms with Crippen LogP contribution in [0.3, 0.4) is 0 Å². The zero-order valence-corrected chi connectivity index (χ0v) is 17.9. The Labute approximate surface area is 181 Å². The van der Waals surface area contributed by atoms with Crippen LogP contribution in [-0.2, 0) is 9.59 Å². The van der Waals surface area contributed by atoms with Gasteiger partial charge < -0.3 is 4.90 Å². The molecule has 2 aromatic rings. The molecule has 6 heteroatoms. The second-order valence-electron chi connectivity index (χ2n) is 8.42. The van der Waals surface area contributed by atoms with Crippen molar-refractivity contribution in [1.29, 1.82) is 0 Å². The van der Waals surface area contributed by atoms with E-state index in [1.807, 2.05) is 32.0 Å². The normalized spacial score (nSPS) is 17.4. The van der Waals surface area contributed by atoms with Gasteiger partial charge in [0.15, 0.2) is 5.78 Å². The number of hydrogen-bond acceptors (Lipinski definition) is 4. The molecule has 0 aliphatic carbocycles. The van der Waals surface area contributed by atoms with Crippen molar-refractivity contribution in [2.75, 3.05) is 18.0 Å². The van der Waals surface area contributed by atoms with Gasteiger partial charge in [-0.15, -0.1) is 0 Å². The van der Waals surface area contributed by atoms with Gasteiger partial charge in [-0.05, 0) is 56.5 Å². The van der Waals surface area contributed by atoms with Gasteiger partial charge >= 0.3 is 0 Å². The Kier molecular flexibility index (Phi) is 5.72. The Balaban J connectivity index is 1.38. The molecule has 4 rings (SSSR count). The summed E-state index contributed by atoms with van der Waals surface area (Å²) in [6, 6.07) is 12.5. The van der Waals surface area contributed by atoms with Crippen LogP contribution >= 0.6 is 0 Å². The highest BCUT2D eigenvalue weighted by Gasteiger charge is 2.31. The molecule has 2 aromatic carbocycles. The van der Waals surface area contributed by atoms with Gasteiger partial charge in [0, 0.05) is 43.0 Å². The summed E-state index contributed by atoms with van der Waals surface area (Å²) in [5.74, 6) is -0.420. The summed E-state index contributed by atoms with van der Waals surface area (Å²) in [7, 11) is 0. The molecule has 160 valence electrons. The number of carbonyl (C=O) groups excluding carboxylic acids is 4.